The molecule has 2 unspecified atom stereocenters. The van der Waals surface area contributed by atoms with Gasteiger partial charge in [-0.15, -0.1) is 0 Å². The highest BCUT2D eigenvalue weighted by atomic mass is 35.5. The largest absolute Gasteiger partial charge is 0.478 e. The third kappa shape index (κ3) is 1.69. The Balaban J connectivity index is 2.44. The lowest BCUT2D eigenvalue weighted by Gasteiger charge is -2.37. The van der Waals surface area contributed by atoms with Crippen molar-refractivity contribution in [1.29, 1.82) is 0 Å². The van der Waals surface area contributed by atoms with Crippen LogP contribution in [-0.2, 0) is 4.79 Å². The first-order valence-electron chi connectivity index (χ1n) is 4.92. The summed E-state index contributed by atoms with van der Waals surface area (Å²) in [6, 6.07) is 5.00. The zero-order valence-electron chi connectivity index (χ0n) is 8.98. The van der Waals surface area contributed by atoms with Crippen molar-refractivity contribution in [2.75, 3.05) is 11.9 Å². The first-order valence-corrected chi connectivity index (χ1v) is 5.30. The molecule has 0 aliphatic carbocycles. The van der Waals surface area contributed by atoms with Gasteiger partial charge in [-0.25, -0.2) is 4.79 Å². The summed E-state index contributed by atoms with van der Waals surface area (Å²) in [5.74, 6) is -0.453. The predicted molar refractivity (Wildman–Crippen MR) is 61.4 cm³/mol. The minimum atomic E-state index is -0.968. The molecule has 0 radical (unpaired) electrons. The number of carbonyl (C=O) groups is 1. The van der Waals surface area contributed by atoms with Crippen molar-refractivity contribution < 1.29 is 14.6 Å². The van der Waals surface area contributed by atoms with Crippen LogP contribution in [0.4, 0.5) is 5.69 Å². The molecule has 1 heterocycles. The maximum Gasteiger partial charge on any atom is 0.347 e. The lowest BCUT2D eigenvalue weighted by molar-refractivity contribution is -0.146. The number of likely N-dealkylation sites (N-methyl/N-ethyl adjacent to an activating group) is 1. The van der Waals surface area contributed by atoms with Crippen LogP contribution in [0.15, 0.2) is 18.2 Å². The van der Waals surface area contributed by atoms with Gasteiger partial charge in [0.1, 0.15) is 5.75 Å². The van der Waals surface area contributed by atoms with Gasteiger partial charge in [0.05, 0.1) is 11.7 Å². The molecule has 5 heteroatoms. The summed E-state index contributed by atoms with van der Waals surface area (Å²) in [4.78, 5) is 12.9. The van der Waals surface area contributed by atoms with Crippen molar-refractivity contribution in [3.8, 4) is 5.75 Å². The zero-order valence-corrected chi connectivity index (χ0v) is 9.73. The summed E-state index contributed by atoms with van der Waals surface area (Å²) in [7, 11) is 1.84. The van der Waals surface area contributed by atoms with Crippen molar-refractivity contribution >= 4 is 23.3 Å². The van der Waals surface area contributed by atoms with Gasteiger partial charge in [0.15, 0.2) is 0 Å². The fraction of sp³-hybridized carbons (Fsp3) is 0.364. The summed E-state index contributed by atoms with van der Waals surface area (Å²) in [5, 5.41) is 9.57. The van der Waals surface area contributed by atoms with Gasteiger partial charge >= 0.3 is 5.97 Å². The Hall–Kier alpha value is -1.42. The third-order valence-electron chi connectivity index (χ3n) is 2.85. The Morgan fingerprint density at radius 3 is 2.88 bits per heavy atom. The maximum absolute atomic E-state index is 11.0. The summed E-state index contributed by atoms with van der Waals surface area (Å²) in [6.45, 7) is 1.82. The number of anilines is 1. The molecular weight excluding hydrogens is 230 g/mol. The Morgan fingerprint density at radius 1 is 1.56 bits per heavy atom. The molecule has 0 bridgehead atoms. The van der Waals surface area contributed by atoms with Crippen LogP contribution in [0.2, 0.25) is 5.02 Å². The topological polar surface area (TPSA) is 49.8 Å². The highest BCUT2D eigenvalue weighted by Crippen LogP contribution is 2.37. The molecule has 86 valence electrons. The number of carboxylic acid groups (broad SMARTS) is 1. The van der Waals surface area contributed by atoms with Crippen molar-refractivity contribution in [2.45, 2.75) is 19.1 Å². The molecular formula is C11H12ClNO3. The number of aliphatic carboxylic acids is 1. The van der Waals surface area contributed by atoms with E-state index in [9.17, 15) is 4.79 Å². The van der Waals surface area contributed by atoms with Gasteiger partial charge in [0.25, 0.3) is 0 Å². The molecule has 1 aliphatic rings. The molecule has 1 aromatic rings. The number of rotatable bonds is 1. The van der Waals surface area contributed by atoms with Gasteiger partial charge in [-0.3, -0.25) is 0 Å². The van der Waals surface area contributed by atoms with Gasteiger partial charge in [-0.1, -0.05) is 11.6 Å². The number of carboxylic acids is 1. The SMILES string of the molecule is CC1C(C(=O)O)Oc2cc(Cl)ccc2N1C. The molecule has 16 heavy (non-hydrogen) atoms. The van der Waals surface area contributed by atoms with E-state index in [0.29, 0.717) is 10.8 Å². The summed E-state index contributed by atoms with van der Waals surface area (Å²) < 4.78 is 5.43. The normalized spacial score (nSPS) is 23.6. The second-order valence-corrected chi connectivity index (χ2v) is 4.28. The Kier molecular flexibility index (Phi) is 2.68. The van der Waals surface area contributed by atoms with E-state index in [1.165, 1.54) is 0 Å². The second kappa shape index (κ2) is 3.87. The first-order chi connectivity index (χ1) is 7.50. The van der Waals surface area contributed by atoms with E-state index in [-0.39, 0.29) is 6.04 Å². The standard InChI is InChI=1S/C11H12ClNO3/c1-6-10(11(14)15)16-9-5-7(12)3-4-8(9)13(6)2/h3-6,10H,1-2H3,(H,14,15). The molecule has 1 aromatic carbocycles. The smallest absolute Gasteiger partial charge is 0.347 e. The molecule has 2 rings (SSSR count). The molecule has 2 atom stereocenters. The third-order valence-corrected chi connectivity index (χ3v) is 3.08. The number of nitrogens with zero attached hydrogens (tertiary/aromatic N) is 1. The molecule has 4 nitrogen and oxygen atoms in total. The maximum atomic E-state index is 11.0. The van der Waals surface area contributed by atoms with E-state index >= 15 is 0 Å². The number of benzene rings is 1. The molecule has 0 saturated heterocycles. The van der Waals surface area contributed by atoms with Crippen molar-refractivity contribution in [3.63, 3.8) is 0 Å². The van der Waals surface area contributed by atoms with Crippen LogP contribution in [0.5, 0.6) is 5.75 Å². The average molecular weight is 242 g/mol. The van der Waals surface area contributed by atoms with Gasteiger partial charge in [0.2, 0.25) is 6.10 Å². The van der Waals surface area contributed by atoms with Crippen molar-refractivity contribution in [3.05, 3.63) is 23.2 Å². The lowest BCUT2D eigenvalue weighted by atomic mass is 10.1. The Labute approximate surface area is 98.4 Å². The van der Waals surface area contributed by atoms with E-state index in [0.717, 1.165) is 5.69 Å². The van der Waals surface area contributed by atoms with Crippen molar-refractivity contribution in [2.24, 2.45) is 0 Å². The minimum absolute atomic E-state index is 0.217. The van der Waals surface area contributed by atoms with Crippen molar-refractivity contribution in [1.82, 2.24) is 0 Å². The molecule has 1 N–H and O–H groups in total. The van der Waals surface area contributed by atoms with Gasteiger partial charge in [-0.05, 0) is 19.1 Å². The fourth-order valence-corrected chi connectivity index (χ4v) is 1.95. The summed E-state index contributed by atoms with van der Waals surface area (Å²) >= 11 is 5.84. The minimum Gasteiger partial charge on any atom is -0.478 e. The molecule has 1 aliphatic heterocycles. The number of fused-ring (bicyclic) bond motifs is 1. The average Bonchev–Trinajstić information content (AvgIpc) is 2.22. The lowest BCUT2D eigenvalue weighted by Crippen LogP contribution is -2.50. The second-order valence-electron chi connectivity index (χ2n) is 3.84. The van der Waals surface area contributed by atoms with E-state index in [1.807, 2.05) is 24.9 Å². The van der Waals surface area contributed by atoms with E-state index in [1.54, 1.807) is 12.1 Å². The number of hydrogen-bond acceptors (Lipinski definition) is 3. The van der Waals surface area contributed by atoms with Crippen LogP contribution in [0.1, 0.15) is 6.92 Å². The Bertz CT molecular complexity index is 435. The Morgan fingerprint density at radius 2 is 2.25 bits per heavy atom. The predicted octanol–water partition coefficient (Wildman–Crippen LogP) is 2.01. The molecule has 0 saturated carbocycles. The number of hydrogen-bond donors (Lipinski definition) is 1. The number of ether oxygens (including phenoxy) is 1. The van der Waals surface area contributed by atoms with Crippen LogP contribution >= 0.6 is 11.6 Å². The molecule has 0 aromatic heterocycles. The highest BCUT2D eigenvalue weighted by molar-refractivity contribution is 6.30. The van der Waals surface area contributed by atoms with Gasteiger partial charge < -0.3 is 14.7 Å². The van der Waals surface area contributed by atoms with Gasteiger partial charge in [0, 0.05) is 18.1 Å². The molecule has 0 spiro atoms. The fourth-order valence-electron chi connectivity index (χ4n) is 1.79. The molecule has 0 fully saturated rings. The monoisotopic (exact) mass is 241 g/mol. The van der Waals surface area contributed by atoms with Gasteiger partial charge in [-0.2, -0.15) is 0 Å². The quantitative estimate of drug-likeness (QED) is 0.817. The van der Waals surface area contributed by atoms with E-state index < -0.39 is 12.1 Å². The number of halogens is 1. The van der Waals surface area contributed by atoms with Crippen LogP contribution in [-0.4, -0.2) is 30.3 Å². The zero-order chi connectivity index (χ0) is 11.9. The molecule has 0 amide bonds. The van der Waals surface area contributed by atoms with E-state index in [2.05, 4.69) is 0 Å². The van der Waals surface area contributed by atoms with Crippen LogP contribution in [0.25, 0.3) is 0 Å². The van der Waals surface area contributed by atoms with Crippen LogP contribution in [0, 0.1) is 0 Å². The van der Waals surface area contributed by atoms with E-state index in [4.69, 9.17) is 21.4 Å². The first kappa shape index (κ1) is 11.1. The van der Waals surface area contributed by atoms with Crippen LogP contribution < -0.4 is 9.64 Å². The van der Waals surface area contributed by atoms with Crippen LogP contribution in [0.3, 0.4) is 0 Å². The summed E-state index contributed by atoms with van der Waals surface area (Å²) in [5.41, 5.74) is 0.856. The highest BCUT2D eigenvalue weighted by Gasteiger charge is 2.35. The summed E-state index contributed by atoms with van der Waals surface area (Å²) in [6.07, 6.45) is -0.865.